The first-order valence-corrected chi connectivity index (χ1v) is 9.94. The molecule has 3 aromatic carbocycles. The van der Waals surface area contributed by atoms with E-state index in [2.05, 4.69) is 16.4 Å². The molecular formula is C23H18Cl2N2O3. The van der Waals surface area contributed by atoms with Gasteiger partial charge < -0.3 is 14.5 Å². The Morgan fingerprint density at radius 1 is 1.07 bits per heavy atom. The van der Waals surface area contributed by atoms with E-state index < -0.39 is 5.91 Å². The number of halogens is 2. The molecule has 0 saturated carbocycles. The Kier molecular flexibility index (Phi) is 5.41. The van der Waals surface area contributed by atoms with Gasteiger partial charge in [-0.2, -0.15) is 0 Å². The lowest BCUT2D eigenvalue weighted by atomic mass is 10.1. The number of carbonyl (C=O) groups is 1. The van der Waals surface area contributed by atoms with Crippen LogP contribution >= 0.6 is 23.2 Å². The molecule has 0 saturated heterocycles. The number of benzene rings is 3. The first-order valence-electron chi connectivity index (χ1n) is 9.18. The minimum absolute atomic E-state index is 0.242. The summed E-state index contributed by atoms with van der Waals surface area (Å²) < 4.78 is 11.2. The number of amides is 1. The van der Waals surface area contributed by atoms with Gasteiger partial charge in [0.1, 0.15) is 11.3 Å². The number of methoxy groups -OCH3 is 1. The molecule has 0 atom stereocenters. The van der Waals surface area contributed by atoms with E-state index in [-0.39, 0.29) is 16.3 Å². The van der Waals surface area contributed by atoms with Gasteiger partial charge in [-0.15, -0.1) is 0 Å². The highest BCUT2D eigenvalue weighted by molar-refractivity contribution is 6.36. The number of fused-ring (bicyclic) bond motifs is 1. The third-order valence-electron chi connectivity index (χ3n) is 4.71. The third-order valence-corrected chi connectivity index (χ3v) is 5.21. The van der Waals surface area contributed by atoms with Crippen molar-refractivity contribution < 1.29 is 13.9 Å². The van der Waals surface area contributed by atoms with E-state index in [9.17, 15) is 4.79 Å². The molecule has 0 unspecified atom stereocenters. The van der Waals surface area contributed by atoms with Crippen molar-refractivity contribution in [2.45, 2.75) is 13.8 Å². The van der Waals surface area contributed by atoms with Crippen molar-refractivity contribution in [3.8, 4) is 17.2 Å². The van der Waals surface area contributed by atoms with Crippen LogP contribution in [-0.2, 0) is 0 Å². The number of nitrogens with one attached hydrogen (secondary N) is 1. The van der Waals surface area contributed by atoms with E-state index in [1.165, 1.54) is 24.8 Å². The van der Waals surface area contributed by atoms with Crippen molar-refractivity contribution in [1.29, 1.82) is 0 Å². The molecule has 1 aromatic heterocycles. The van der Waals surface area contributed by atoms with E-state index in [1.807, 2.05) is 26.0 Å². The number of hydrogen-bond acceptors (Lipinski definition) is 4. The molecule has 0 spiro atoms. The lowest BCUT2D eigenvalue weighted by Gasteiger charge is -2.11. The van der Waals surface area contributed by atoms with Crippen LogP contribution in [0, 0.1) is 13.8 Å². The number of aromatic nitrogens is 1. The second-order valence-electron chi connectivity index (χ2n) is 6.94. The van der Waals surface area contributed by atoms with Crippen LogP contribution in [0.5, 0.6) is 5.75 Å². The van der Waals surface area contributed by atoms with Crippen molar-refractivity contribution in [1.82, 2.24) is 4.98 Å². The summed E-state index contributed by atoms with van der Waals surface area (Å²) in [6.45, 7) is 4.06. The maximum atomic E-state index is 12.8. The predicted molar refractivity (Wildman–Crippen MR) is 120 cm³/mol. The maximum Gasteiger partial charge on any atom is 0.259 e. The van der Waals surface area contributed by atoms with Gasteiger partial charge in [0, 0.05) is 16.3 Å². The number of rotatable bonds is 4. The Bertz CT molecular complexity index is 1280. The highest BCUT2D eigenvalue weighted by Gasteiger charge is 2.18. The van der Waals surface area contributed by atoms with E-state index in [1.54, 1.807) is 18.2 Å². The molecule has 5 nitrogen and oxygen atoms in total. The Morgan fingerprint density at radius 2 is 1.87 bits per heavy atom. The van der Waals surface area contributed by atoms with Crippen molar-refractivity contribution in [3.05, 3.63) is 75.3 Å². The van der Waals surface area contributed by atoms with Gasteiger partial charge in [0.05, 0.1) is 17.7 Å². The van der Waals surface area contributed by atoms with E-state index in [4.69, 9.17) is 32.4 Å². The van der Waals surface area contributed by atoms with Gasteiger partial charge >= 0.3 is 0 Å². The van der Waals surface area contributed by atoms with Gasteiger partial charge in [-0.1, -0.05) is 40.9 Å². The standard InChI is InChI=1S/C23H18Cl2N2O3/c1-12-4-6-16(13(2)8-12)23-27-19-11-15(5-7-20(19)30-23)26-22(28)17-9-14(24)10-18(25)21(17)29-3/h4-11H,1-3H3,(H,26,28). The summed E-state index contributed by atoms with van der Waals surface area (Å²) in [5.74, 6) is 0.404. The third kappa shape index (κ3) is 3.86. The molecule has 0 bridgehead atoms. The number of hydrogen-bond donors (Lipinski definition) is 1. The molecule has 7 heteroatoms. The van der Waals surface area contributed by atoms with E-state index in [0.717, 1.165) is 11.1 Å². The monoisotopic (exact) mass is 440 g/mol. The van der Waals surface area contributed by atoms with Crippen LogP contribution in [0.25, 0.3) is 22.6 Å². The average Bonchev–Trinajstić information content (AvgIpc) is 3.10. The number of carbonyl (C=O) groups excluding carboxylic acids is 1. The summed E-state index contributed by atoms with van der Waals surface area (Å²) in [5.41, 5.74) is 5.26. The topological polar surface area (TPSA) is 64.4 Å². The molecular weight excluding hydrogens is 423 g/mol. The Hall–Kier alpha value is -3.02. The summed E-state index contributed by atoms with van der Waals surface area (Å²) in [5, 5.41) is 3.44. The van der Waals surface area contributed by atoms with Crippen molar-refractivity contribution in [2.75, 3.05) is 12.4 Å². The van der Waals surface area contributed by atoms with Crippen LogP contribution in [0.2, 0.25) is 10.0 Å². The molecule has 0 aliphatic carbocycles. The highest BCUT2D eigenvalue weighted by Crippen LogP contribution is 2.33. The van der Waals surface area contributed by atoms with Gasteiger partial charge in [-0.05, 0) is 55.8 Å². The zero-order valence-electron chi connectivity index (χ0n) is 16.5. The smallest absolute Gasteiger partial charge is 0.259 e. The Balaban J connectivity index is 1.66. The predicted octanol–water partition coefficient (Wildman–Crippen LogP) is 6.68. The average molecular weight is 441 g/mol. The molecule has 4 rings (SSSR count). The SMILES string of the molecule is COc1c(Cl)cc(Cl)cc1C(=O)Nc1ccc2oc(-c3ccc(C)cc3C)nc2c1. The minimum Gasteiger partial charge on any atom is -0.494 e. The van der Waals surface area contributed by atoms with Crippen LogP contribution < -0.4 is 10.1 Å². The van der Waals surface area contributed by atoms with Crippen LogP contribution in [-0.4, -0.2) is 18.0 Å². The molecule has 0 fully saturated rings. The van der Waals surface area contributed by atoms with E-state index in [0.29, 0.717) is 27.7 Å². The van der Waals surface area contributed by atoms with Crippen LogP contribution in [0.15, 0.2) is 52.9 Å². The molecule has 152 valence electrons. The second kappa shape index (κ2) is 8.01. The van der Waals surface area contributed by atoms with Crippen molar-refractivity contribution in [3.63, 3.8) is 0 Å². The highest BCUT2D eigenvalue weighted by atomic mass is 35.5. The number of ether oxygens (including phenoxy) is 1. The normalized spacial score (nSPS) is 11.0. The summed E-state index contributed by atoms with van der Waals surface area (Å²) in [6.07, 6.45) is 0. The van der Waals surface area contributed by atoms with Gasteiger partial charge in [-0.3, -0.25) is 4.79 Å². The molecule has 1 amide bonds. The fraction of sp³-hybridized carbons (Fsp3) is 0.130. The molecule has 1 N–H and O–H groups in total. The number of nitrogens with zero attached hydrogens (tertiary/aromatic N) is 1. The maximum absolute atomic E-state index is 12.8. The molecule has 0 radical (unpaired) electrons. The Labute approximate surface area is 183 Å². The Morgan fingerprint density at radius 3 is 2.60 bits per heavy atom. The van der Waals surface area contributed by atoms with Crippen molar-refractivity contribution in [2.24, 2.45) is 0 Å². The van der Waals surface area contributed by atoms with Gasteiger partial charge in [0.15, 0.2) is 5.58 Å². The number of aryl methyl sites for hydroxylation is 2. The summed E-state index contributed by atoms with van der Waals surface area (Å²) in [7, 11) is 1.45. The van der Waals surface area contributed by atoms with Gasteiger partial charge in [-0.25, -0.2) is 4.98 Å². The lowest BCUT2D eigenvalue weighted by Crippen LogP contribution is -2.13. The largest absolute Gasteiger partial charge is 0.494 e. The fourth-order valence-corrected chi connectivity index (χ4v) is 3.88. The van der Waals surface area contributed by atoms with Crippen LogP contribution in [0.4, 0.5) is 5.69 Å². The van der Waals surface area contributed by atoms with Gasteiger partial charge in [0.2, 0.25) is 5.89 Å². The van der Waals surface area contributed by atoms with Crippen LogP contribution in [0.3, 0.4) is 0 Å². The molecule has 4 aromatic rings. The number of anilines is 1. The fourth-order valence-electron chi connectivity index (χ4n) is 3.31. The summed E-state index contributed by atoms with van der Waals surface area (Å²) in [4.78, 5) is 17.4. The van der Waals surface area contributed by atoms with Crippen molar-refractivity contribution >= 4 is 45.9 Å². The first-order chi connectivity index (χ1) is 14.4. The van der Waals surface area contributed by atoms with Crippen LogP contribution in [0.1, 0.15) is 21.5 Å². The number of oxazole rings is 1. The second-order valence-corrected chi connectivity index (χ2v) is 7.79. The minimum atomic E-state index is -0.395. The molecule has 30 heavy (non-hydrogen) atoms. The lowest BCUT2D eigenvalue weighted by molar-refractivity contribution is 0.102. The summed E-state index contributed by atoms with van der Waals surface area (Å²) in [6, 6.07) is 14.4. The quantitative estimate of drug-likeness (QED) is 0.384. The zero-order valence-corrected chi connectivity index (χ0v) is 18.1. The van der Waals surface area contributed by atoms with E-state index >= 15 is 0 Å². The molecule has 0 aliphatic heterocycles. The van der Waals surface area contributed by atoms with Gasteiger partial charge in [0.25, 0.3) is 5.91 Å². The molecule has 1 heterocycles. The zero-order chi connectivity index (χ0) is 21.4. The molecule has 0 aliphatic rings. The first kappa shape index (κ1) is 20.3. The summed E-state index contributed by atoms with van der Waals surface area (Å²) >= 11 is 12.2.